The first-order valence-electron chi connectivity index (χ1n) is 8.91. The largest absolute Gasteiger partial charge is 0.360 e. The minimum Gasteiger partial charge on any atom is -0.259 e. The van der Waals surface area contributed by atoms with Gasteiger partial charge in [0.15, 0.2) is 10.8 Å². The molecule has 1 amide bonds. The molecule has 3 rings (SSSR count). The van der Waals surface area contributed by atoms with Crippen LogP contribution in [0.15, 0.2) is 68.6 Å². The summed E-state index contributed by atoms with van der Waals surface area (Å²) in [5.74, 6) is -0.639. The topological polar surface area (TPSA) is 93.3 Å². The summed E-state index contributed by atoms with van der Waals surface area (Å²) in [6.45, 7) is 1.02. The monoisotopic (exact) mass is 417 g/mol. The van der Waals surface area contributed by atoms with Gasteiger partial charge in [-0.3, -0.25) is 4.79 Å². The van der Waals surface area contributed by atoms with Gasteiger partial charge in [-0.2, -0.15) is 4.31 Å². The predicted molar refractivity (Wildman–Crippen MR) is 108 cm³/mol. The molecule has 2 aromatic rings. The number of amides is 1. The van der Waals surface area contributed by atoms with Crippen LogP contribution in [0.4, 0.5) is 5.69 Å². The Bertz CT molecular complexity index is 1010. The Balaban J connectivity index is 1.77. The lowest BCUT2D eigenvalue weighted by Crippen LogP contribution is -2.35. The van der Waals surface area contributed by atoms with Crippen LogP contribution in [0, 0.1) is 0 Å². The molecule has 0 unspecified atom stereocenters. The molecule has 9 heteroatoms. The predicted octanol–water partition coefficient (Wildman–Crippen LogP) is 4.03. The van der Waals surface area contributed by atoms with Crippen molar-refractivity contribution in [3.63, 3.8) is 0 Å². The molecule has 7 nitrogen and oxygen atoms in total. The summed E-state index contributed by atoms with van der Waals surface area (Å²) in [6.07, 6.45) is 4.72. The Morgan fingerprint density at radius 2 is 1.79 bits per heavy atom. The molecule has 1 fully saturated rings. The van der Waals surface area contributed by atoms with Crippen LogP contribution in [0.2, 0.25) is 0 Å². The quantitative estimate of drug-likeness (QED) is 0.417. The number of thioether (sulfide) groups is 1. The number of carbonyl (C=O) groups is 1. The molecule has 0 aliphatic carbocycles. The number of benzene rings is 2. The van der Waals surface area contributed by atoms with E-state index >= 15 is 0 Å². The highest BCUT2D eigenvalue weighted by Gasteiger charge is 2.26. The number of sulfonamides is 1. The maximum atomic E-state index is 12.8. The van der Waals surface area contributed by atoms with Gasteiger partial charge in [0.1, 0.15) is 0 Å². The molecule has 0 aromatic heterocycles. The second-order valence-corrected chi connectivity index (χ2v) is 9.10. The second kappa shape index (κ2) is 9.25. The molecule has 1 aliphatic rings. The highest BCUT2D eigenvalue weighted by molar-refractivity contribution is 7.98. The number of nitrogens with zero attached hydrogens (tertiary/aromatic N) is 4. The average molecular weight is 418 g/mol. The molecule has 0 N–H and O–H groups in total. The van der Waals surface area contributed by atoms with Crippen LogP contribution in [0.5, 0.6) is 0 Å². The maximum absolute atomic E-state index is 12.8. The van der Waals surface area contributed by atoms with E-state index in [0.29, 0.717) is 18.8 Å². The Morgan fingerprint density at radius 1 is 1.07 bits per heavy atom. The molecule has 146 valence electrons. The summed E-state index contributed by atoms with van der Waals surface area (Å²) in [5, 5.41) is 7.47. The van der Waals surface area contributed by atoms with Crippen LogP contribution in [0.25, 0.3) is 0 Å². The molecule has 0 radical (unpaired) electrons. The van der Waals surface area contributed by atoms with Crippen molar-refractivity contribution >= 4 is 33.4 Å². The minimum atomic E-state index is -3.60. The normalized spacial score (nSPS) is 14.9. The number of hydrogen-bond acceptors (Lipinski definition) is 5. The molecule has 1 heterocycles. The van der Waals surface area contributed by atoms with Crippen molar-refractivity contribution < 1.29 is 13.2 Å². The lowest BCUT2D eigenvalue weighted by molar-refractivity contribution is 0.0992. The molecule has 28 heavy (non-hydrogen) atoms. The Morgan fingerprint density at radius 3 is 2.46 bits per heavy atom. The van der Waals surface area contributed by atoms with Gasteiger partial charge in [0.25, 0.3) is 0 Å². The molecule has 1 saturated heterocycles. The van der Waals surface area contributed by atoms with Crippen LogP contribution < -0.4 is 4.91 Å². The molecule has 1 aliphatic heterocycles. The van der Waals surface area contributed by atoms with Crippen molar-refractivity contribution in [1.29, 1.82) is 0 Å². The lowest BCUT2D eigenvalue weighted by Gasteiger charge is -2.25. The van der Waals surface area contributed by atoms with Gasteiger partial charge in [-0.15, -0.1) is 11.8 Å². The van der Waals surface area contributed by atoms with E-state index in [2.05, 4.69) is 15.1 Å². The molecule has 0 bridgehead atoms. The van der Waals surface area contributed by atoms with Crippen molar-refractivity contribution in [2.45, 2.75) is 29.1 Å². The third kappa shape index (κ3) is 4.94. The first-order chi connectivity index (χ1) is 13.5. The number of rotatable bonds is 5. The standard InChI is InChI=1S/C19H21N4O3S2/c1-27-17-10-8-16(9-11-17)20-22-21-19(24)15-6-5-7-18(14-15)28(25,26)23-12-3-2-4-13-23/h5-11,14H,2-4,12-13H2,1H3/q+1. The smallest absolute Gasteiger partial charge is 0.259 e. The van der Waals surface area contributed by atoms with Crippen LogP contribution in [0.1, 0.15) is 29.6 Å². The fourth-order valence-electron chi connectivity index (χ4n) is 2.87. The fourth-order valence-corrected chi connectivity index (χ4v) is 4.84. The Labute approximate surface area is 168 Å². The SMILES string of the molecule is CSc1ccc(N=[N+]=NC(=O)c2cccc(S(=O)(=O)N3CCCCC3)c2)cc1. The summed E-state index contributed by atoms with van der Waals surface area (Å²) in [6, 6.07) is 13.3. The summed E-state index contributed by atoms with van der Waals surface area (Å²) in [7, 11) is -3.60. The van der Waals surface area contributed by atoms with Crippen molar-refractivity contribution in [1.82, 2.24) is 9.22 Å². The number of carbonyl (C=O) groups excluding carboxylic acids is 1. The van der Waals surface area contributed by atoms with Gasteiger partial charge < -0.3 is 0 Å². The van der Waals surface area contributed by atoms with E-state index in [1.165, 1.54) is 28.6 Å². The van der Waals surface area contributed by atoms with Gasteiger partial charge in [0.05, 0.1) is 10.5 Å². The average Bonchev–Trinajstić information content (AvgIpc) is 2.75. The lowest BCUT2D eigenvalue weighted by atomic mass is 10.2. The molecule has 0 atom stereocenters. The van der Waals surface area contributed by atoms with E-state index < -0.39 is 15.9 Å². The van der Waals surface area contributed by atoms with Crippen LogP contribution in [-0.4, -0.2) is 38.0 Å². The first kappa shape index (κ1) is 20.4. The van der Waals surface area contributed by atoms with Crippen molar-refractivity contribution in [3.8, 4) is 0 Å². The second-order valence-electron chi connectivity index (χ2n) is 6.29. The van der Waals surface area contributed by atoms with Gasteiger partial charge in [0, 0.05) is 18.0 Å². The Hall–Kier alpha value is -2.32. The van der Waals surface area contributed by atoms with Gasteiger partial charge in [0.2, 0.25) is 20.0 Å². The Kier molecular flexibility index (Phi) is 6.74. The first-order valence-corrected chi connectivity index (χ1v) is 11.6. The van der Waals surface area contributed by atoms with E-state index in [4.69, 9.17) is 0 Å². The zero-order valence-corrected chi connectivity index (χ0v) is 17.1. The molecule has 0 spiro atoms. The fraction of sp³-hybridized carbons (Fsp3) is 0.316. The highest BCUT2D eigenvalue weighted by atomic mass is 32.2. The van der Waals surface area contributed by atoms with Gasteiger partial charge in [-0.05, 0) is 61.6 Å². The number of piperidine rings is 1. The molecular formula is C19H21N4O3S2+. The maximum Gasteiger partial charge on any atom is 0.360 e. The third-order valence-electron chi connectivity index (χ3n) is 4.40. The highest BCUT2D eigenvalue weighted by Crippen LogP contribution is 2.22. The van der Waals surface area contributed by atoms with Crippen molar-refractivity contribution in [3.05, 3.63) is 54.1 Å². The van der Waals surface area contributed by atoms with Crippen LogP contribution in [0.3, 0.4) is 0 Å². The van der Waals surface area contributed by atoms with Gasteiger partial charge >= 0.3 is 5.91 Å². The molecule has 0 saturated carbocycles. The van der Waals surface area contributed by atoms with E-state index in [0.717, 1.165) is 24.2 Å². The van der Waals surface area contributed by atoms with Gasteiger partial charge in [-0.1, -0.05) is 12.5 Å². The van der Waals surface area contributed by atoms with E-state index in [-0.39, 0.29) is 10.5 Å². The van der Waals surface area contributed by atoms with Gasteiger partial charge in [-0.25, -0.2) is 8.42 Å². The zero-order chi connectivity index (χ0) is 20.0. The summed E-state index contributed by atoms with van der Waals surface area (Å²) >= 11 is 1.61. The van der Waals surface area contributed by atoms with Crippen molar-refractivity contribution in [2.24, 2.45) is 10.2 Å². The number of hydrogen-bond donors (Lipinski definition) is 0. The summed E-state index contributed by atoms with van der Waals surface area (Å²) < 4.78 is 27.0. The summed E-state index contributed by atoms with van der Waals surface area (Å²) in [4.78, 5) is 17.0. The van der Waals surface area contributed by atoms with E-state index in [9.17, 15) is 13.2 Å². The summed E-state index contributed by atoms with van der Waals surface area (Å²) in [5.41, 5.74) is 0.741. The van der Waals surface area contributed by atoms with Crippen molar-refractivity contribution in [2.75, 3.05) is 19.3 Å². The minimum absolute atomic E-state index is 0.0973. The van der Waals surface area contributed by atoms with Crippen LogP contribution in [-0.2, 0) is 10.0 Å². The molecule has 2 aromatic carbocycles. The third-order valence-corrected chi connectivity index (χ3v) is 7.04. The zero-order valence-electron chi connectivity index (χ0n) is 15.5. The van der Waals surface area contributed by atoms with E-state index in [1.807, 2.05) is 18.4 Å². The van der Waals surface area contributed by atoms with E-state index in [1.54, 1.807) is 23.9 Å². The van der Waals surface area contributed by atoms with Crippen LogP contribution >= 0.6 is 11.8 Å². The molecular weight excluding hydrogens is 396 g/mol.